The summed E-state index contributed by atoms with van der Waals surface area (Å²) in [4.78, 5) is 25.1. The van der Waals surface area contributed by atoms with Crippen molar-refractivity contribution >= 4 is 24.0 Å². The first-order valence-electron chi connectivity index (χ1n) is 11.4. The van der Waals surface area contributed by atoms with Crippen molar-refractivity contribution in [2.24, 2.45) is 0 Å². The van der Waals surface area contributed by atoms with E-state index in [0.717, 1.165) is 44.4 Å². The van der Waals surface area contributed by atoms with Crippen LogP contribution in [0, 0.1) is 6.92 Å². The number of anilines is 1. The van der Waals surface area contributed by atoms with E-state index in [1.165, 1.54) is 5.56 Å². The van der Waals surface area contributed by atoms with Crippen LogP contribution in [-0.2, 0) is 0 Å². The molecule has 8 nitrogen and oxygen atoms in total. The zero-order chi connectivity index (χ0) is 25.5. The molecule has 1 fully saturated rings. The molecule has 0 radical (unpaired) electrons. The third-order valence-electron chi connectivity index (χ3n) is 5.07. The highest BCUT2D eigenvalue weighted by Crippen LogP contribution is 2.20. The molecule has 0 bridgehead atoms. The number of piperazine rings is 1. The van der Waals surface area contributed by atoms with Crippen molar-refractivity contribution in [3.63, 3.8) is 0 Å². The number of carbonyl (C=O) groups excluding carboxylic acids is 1. The van der Waals surface area contributed by atoms with E-state index in [4.69, 9.17) is 9.84 Å². The quantitative estimate of drug-likeness (QED) is 0.638. The van der Waals surface area contributed by atoms with E-state index < -0.39 is 0 Å². The first-order chi connectivity index (χ1) is 16.4. The van der Waals surface area contributed by atoms with Crippen molar-refractivity contribution in [2.45, 2.75) is 20.8 Å². The predicted octanol–water partition coefficient (Wildman–Crippen LogP) is 3.51. The predicted molar refractivity (Wildman–Crippen MR) is 143 cm³/mol. The van der Waals surface area contributed by atoms with Crippen molar-refractivity contribution in [3.8, 4) is 5.88 Å². The number of ether oxygens (including phenoxy) is 1. The van der Waals surface area contributed by atoms with Gasteiger partial charge in [0.05, 0.1) is 6.61 Å². The summed E-state index contributed by atoms with van der Waals surface area (Å²) in [5.74, 6) is 0.776. The van der Waals surface area contributed by atoms with E-state index in [-0.39, 0.29) is 7.33 Å². The summed E-state index contributed by atoms with van der Waals surface area (Å²) in [6.45, 7) is 18.0. The number of benzene rings is 1. The van der Waals surface area contributed by atoms with Gasteiger partial charge in [-0.25, -0.2) is 4.98 Å². The van der Waals surface area contributed by atoms with E-state index in [9.17, 15) is 4.79 Å². The van der Waals surface area contributed by atoms with Crippen LogP contribution in [0.5, 0.6) is 5.88 Å². The van der Waals surface area contributed by atoms with Gasteiger partial charge in [0.1, 0.15) is 5.56 Å². The number of hydrogen-bond donors (Lipinski definition) is 2. The van der Waals surface area contributed by atoms with E-state index in [1.807, 2.05) is 26.0 Å². The van der Waals surface area contributed by atoms with E-state index in [1.54, 1.807) is 6.20 Å². The summed E-state index contributed by atoms with van der Waals surface area (Å²) in [6, 6.07) is 6.23. The fourth-order valence-corrected chi connectivity index (χ4v) is 3.23. The van der Waals surface area contributed by atoms with Crippen LogP contribution in [0.25, 0.3) is 12.2 Å². The van der Waals surface area contributed by atoms with Crippen LogP contribution in [-0.4, -0.2) is 79.4 Å². The molecule has 1 aromatic carbocycles. The van der Waals surface area contributed by atoms with Crippen molar-refractivity contribution in [1.29, 1.82) is 0 Å². The Bertz CT molecular complexity index is 931. The molecule has 1 aromatic heterocycles. The summed E-state index contributed by atoms with van der Waals surface area (Å²) in [5, 5.41) is 9.75. The lowest BCUT2D eigenvalue weighted by molar-refractivity contribution is 0.0950. The molecule has 188 valence electrons. The Morgan fingerprint density at radius 3 is 2.38 bits per heavy atom. The summed E-state index contributed by atoms with van der Waals surface area (Å²) in [7, 11) is 3.10. The minimum atomic E-state index is -0.203. The lowest BCUT2D eigenvalue weighted by Crippen LogP contribution is -2.45. The fraction of sp³-hybridized carbons (Fsp3) is 0.423. The van der Waals surface area contributed by atoms with Crippen LogP contribution >= 0.6 is 0 Å². The Labute approximate surface area is 205 Å². The number of carbonyl (C=O) groups is 1. The number of rotatable bonds is 7. The summed E-state index contributed by atoms with van der Waals surface area (Å²) < 4.78 is 5.51. The molecular formula is C26H41N5O3. The second-order valence-electron chi connectivity index (χ2n) is 7.51. The number of hydrogen-bond acceptors (Lipinski definition) is 7. The van der Waals surface area contributed by atoms with Crippen LogP contribution in [0.3, 0.4) is 0 Å². The maximum Gasteiger partial charge on any atom is 0.258 e. The molecule has 0 spiro atoms. The number of aryl methyl sites for hydroxylation is 1. The van der Waals surface area contributed by atoms with E-state index in [2.05, 4.69) is 70.4 Å². The van der Waals surface area contributed by atoms with Crippen molar-refractivity contribution < 1.29 is 16.1 Å². The number of nitrogens with zero attached hydrogens (tertiary/aromatic N) is 4. The Balaban J connectivity index is 0.000000700. The average Bonchev–Trinajstić information content (AvgIpc) is 2.86. The highest BCUT2D eigenvalue weighted by atomic mass is 16.5. The number of aliphatic hydroxyl groups is 1. The molecule has 8 heteroatoms. The van der Waals surface area contributed by atoms with E-state index in [0.29, 0.717) is 30.5 Å². The normalized spacial score (nSPS) is 12.9. The zero-order valence-corrected chi connectivity index (χ0v) is 21.2. The Kier molecular flexibility index (Phi) is 13.2. The van der Waals surface area contributed by atoms with Gasteiger partial charge in [-0.1, -0.05) is 49.1 Å². The number of aromatic nitrogens is 2. The zero-order valence-electron chi connectivity index (χ0n) is 21.2. The molecular weight excluding hydrogens is 430 g/mol. The summed E-state index contributed by atoms with van der Waals surface area (Å²) >= 11 is 0. The molecule has 0 aliphatic carbocycles. The minimum Gasteiger partial charge on any atom is -0.477 e. The maximum absolute atomic E-state index is 12.0. The monoisotopic (exact) mass is 471 g/mol. The molecule has 1 amide bonds. The molecule has 1 aliphatic rings. The highest BCUT2D eigenvalue weighted by molar-refractivity contribution is 5.96. The minimum absolute atomic E-state index is 0. The molecule has 1 saturated heterocycles. The molecule has 0 unspecified atom stereocenters. The van der Waals surface area contributed by atoms with Crippen LogP contribution in [0.1, 0.15) is 42.3 Å². The fourth-order valence-electron chi connectivity index (χ4n) is 3.23. The van der Waals surface area contributed by atoms with Gasteiger partial charge in [-0.15, -0.1) is 0 Å². The molecule has 2 aromatic rings. The Hall–Kier alpha value is -3.23. The topological polar surface area (TPSA) is 90.8 Å². The van der Waals surface area contributed by atoms with Gasteiger partial charge in [-0.2, -0.15) is 4.98 Å². The molecule has 2 heterocycles. The third-order valence-corrected chi connectivity index (χ3v) is 5.07. The van der Waals surface area contributed by atoms with Gasteiger partial charge in [0, 0.05) is 47.5 Å². The number of likely N-dealkylation sites (N-methyl/N-ethyl adjacent to an activating group) is 1. The molecule has 3 rings (SSSR count). The second kappa shape index (κ2) is 15.6. The lowest BCUT2D eigenvalue weighted by atomic mass is 10.0. The maximum atomic E-state index is 12.0. The van der Waals surface area contributed by atoms with Crippen LogP contribution < -0.4 is 15.0 Å². The molecule has 1 aliphatic heterocycles. The van der Waals surface area contributed by atoms with Gasteiger partial charge in [0.25, 0.3) is 5.91 Å². The first kappa shape index (κ1) is 28.8. The Morgan fingerprint density at radius 1 is 1.18 bits per heavy atom. The first-order valence-corrected chi connectivity index (χ1v) is 11.4. The van der Waals surface area contributed by atoms with Gasteiger partial charge >= 0.3 is 0 Å². The van der Waals surface area contributed by atoms with Crippen molar-refractivity contribution in [2.75, 3.05) is 58.4 Å². The van der Waals surface area contributed by atoms with Crippen LogP contribution in [0.4, 0.5) is 5.95 Å². The Morgan fingerprint density at radius 2 is 1.82 bits per heavy atom. The smallest absolute Gasteiger partial charge is 0.258 e. The van der Waals surface area contributed by atoms with Gasteiger partial charge in [-0.3, -0.25) is 4.79 Å². The third kappa shape index (κ3) is 8.61. The standard InChI is InChI=1S/C14H23N5O2.C11H12.CH4O.H2/c1-4-15-12(20)11-10-16-14(17-13(11)21-5-2)19-8-6-18(3)7-9-19;1-4-10-7-6-9(3)8-11(10)5-2;1-2;/h10H,4-9H2,1-3H3,(H,15,20);4-8H,1-2H2,3H3;2H,1H3;1H. The second-order valence-corrected chi connectivity index (χ2v) is 7.51. The largest absolute Gasteiger partial charge is 0.477 e. The van der Waals surface area contributed by atoms with Crippen LogP contribution in [0.15, 0.2) is 37.6 Å². The van der Waals surface area contributed by atoms with Gasteiger partial charge in [0.2, 0.25) is 11.8 Å². The summed E-state index contributed by atoms with van der Waals surface area (Å²) in [5.41, 5.74) is 3.94. The molecule has 34 heavy (non-hydrogen) atoms. The number of aliphatic hydroxyl groups excluding tert-OH is 1. The lowest BCUT2D eigenvalue weighted by Gasteiger charge is -2.32. The highest BCUT2D eigenvalue weighted by Gasteiger charge is 2.20. The van der Waals surface area contributed by atoms with Gasteiger partial charge < -0.3 is 25.0 Å². The van der Waals surface area contributed by atoms with Gasteiger partial charge in [-0.05, 0) is 38.9 Å². The SMILES string of the molecule is C=Cc1ccc(C)cc1C=C.CCNC(=O)c1cnc(N2CCN(C)CC2)nc1OCC.CO.[HH]. The van der Waals surface area contributed by atoms with Gasteiger partial charge in [0.15, 0.2) is 0 Å². The number of nitrogens with one attached hydrogen (secondary N) is 1. The molecule has 0 saturated carbocycles. The molecule has 2 N–H and O–H groups in total. The molecule has 0 atom stereocenters. The van der Waals surface area contributed by atoms with Crippen molar-refractivity contribution in [3.05, 3.63) is 59.8 Å². The summed E-state index contributed by atoms with van der Waals surface area (Å²) in [6.07, 6.45) is 5.25. The van der Waals surface area contributed by atoms with Crippen LogP contribution in [0.2, 0.25) is 0 Å². The average molecular weight is 472 g/mol. The van der Waals surface area contributed by atoms with E-state index >= 15 is 0 Å². The number of amides is 1. The van der Waals surface area contributed by atoms with Crippen molar-refractivity contribution in [1.82, 2.24) is 20.2 Å².